The lowest BCUT2D eigenvalue weighted by Gasteiger charge is -2.01. The number of halogens is 1. The number of hydrogen-bond acceptors (Lipinski definition) is 3. The molecule has 0 spiro atoms. The molecule has 0 fully saturated rings. The van der Waals surface area contributed by atoms with Gasteiger partial charge in [0, 0.05) is 23.0 Å². The Bertz CT molecular complexity index is 517. The van der Waals surface area contributed by atoms with Gasteiger partial charge in [0.1, 0.15) is 0 Å². The lowest BCUT2D eigenvalue weighted by atomic mass is 10.1. The summed E-state index contributed by atoms with van der Waals surface area (Å²) in [5.41, 5.74) is 1.18. The van der Waals surface area contributed by atoms with Crippen LogP contribution in [-0.4, -0.2) is 9.97 Å². The van der Waals surface area contributed by atoms with E-state index in [4.69, 9.17) is 16.9 Å². The summed E-state index contributed by atoms with van der Waals surface area (Å²) in [5, 5.41) is 9.49. The van der Waals surface area contributed by atoms with Gasteiger partial charge in [-0.1, -0.05) is 11.6 Å². The van der Waals surface area contributed by atoms with E-state index in [1.54, 1.807) is 36.7 Å². The van der Waals surface area contributed by atoms with Gasteiger partial charge in [-0.2, -0.15) is 5.26 Å². The third-order valence-corrected chi connectivity index (χ3v) is 2.14. The van der Waals surface area contributed by atoms with Crippen LogP contribution >= 0.6 is 11.6 Å². The van der Waals surface area contributed by atoms with Crippen LogP contribution < -0.4 is 0 Å². The zero-order chi connectivity index (χ0) is 10.7. The molecule has 72 valence electrons. The Kier molecular flexibility index (Phi) is 2.61. The summed E-state index contributed by atoms with van der Waals surface area (Å²) < 4.78 is 0. The Balaban J connectivity index is 2.62. The number of benzene rings is 1. The van der Waals surface area contributed by atoms with Gasteiger partial charge in [0.05, 0.1) is 11.6 Å². The summed E-state index contributed by atoms with van der Waals surface area (Å²) in [4.78, 5) is 8.16. The molecule has 0 amide bonds. The highest BCUT2D eigenvalue weighted by atomic mass is 35.5. The van der Waals surface area contributed by atoms with Gasteiger partial charge >= 0.3 is 0 Å². The first-order valence-electron chi connectivity index (χ1n) is 4.28. The van der Waals surface area contributed by atoms with Crippen molar-refractivity contribution in [3.05, 3.63) is 47.2 Å². The van der Waals surface area contributed by atoms with Crippen molar-refractivity contribution < 1.29 is 0 Å². The summed E-state index contributed by atoms with van der Waals surface area (Å²) in [6.07, 6.45) is 3.26. The molecule has 2 rings (SSSR count). The van der Waals surface area contributed by atoms with Crippen LogP contribution in [0.25, 0.3) is 11.4 Å². The Hall–Kier alpha value is -1.92. The van der Waals surface area contributed by atoms with Crippen LogP contribution in [0.4, 0.5) is 0 Å². The second-order valence-electron chi connectivity index (χ2n) is 2.87. The van der Waals surface area contributed by atoms with Crippen LogP contribution in [-0.2, 0) is 0 Å². The van der Waals surface area contributed by atoms with Gasteiger partial charge in [0.2, 0.25) is 0 Å². The minimum atomic E-state index is 0.511. The lowest BCUT2D eigenvalue weighted by Crippen LogP contribution is -1.90. The quantitative estimate of drug-likeness (QED) is 0.735. The topological polar surface area (TPSA) is 49.6 Å². The number of aromatic nitrogens is 2. The van der Waals surface area contributed by atoms with Crippen LogP contribution in [0.2, 0.25) is 5.02 Å². The zero-order valence-corrected chi connectivity index (χ0v) is 8.44. The average Bonchev–Trinajstić information content (AvgIpc) is 2.30. The van der Waals surface area contributed by atoms with Crippen molar-refractivity contribution in [2.45, 2.75) is 0 Å². The van der Waals surface area contributed by atoms with E-state index in [9.17, 15) is 0 Å². The molecular weight excluding hydrogens is 210 g/mol. The molecule has 0 N–H and O–H groups in total. The molecule has 0 unspecified atom stereocenters. The van der Waals surface area contributed by atoms with Gasteiger partial charge < -0.3 is 0 Å². The molecule has 1 heterocycles. The Morgan fingerprint density at radius 3 is 2.60 bits per heavy atom. The van der Waals surface area contributed by atoms with Crippen LogP contribution in [0, 0.1) is 11.3 Å². The van der Waals surface area contributed by atoms with E-state index < -0.39 is 0 Å². The number of rotatable bonds is 1. The Morgan fingerprint density at radius 1 is 1.20 bits per heavy atom. The van der Waals surface area contributed by atoms with E-state index >= 15 is 0 Å². The second kappa shape index (κ2) is 4.07. The first-order chi connectivity index (χ1) is 7.31. The maximum atomic E-state index is 8.92. The molecule has 0 radical (unpaired) electrons. The van der Waals surface area contributed by atoms with Crippen molar-refractivity contribution in [2.75, 3.05) is 0 Å². The van der Waals surface area contributed by atoms with E-state index in [2.05, 4.69) is 16.0 Å². The molecule has 0 bridgehead atoms. The minimum Gasteiger partial charge on any atom is -0.237 e. The maximum Gasteiger partial charge on any atom is 0.160 e. The fourth-order valence-electron chi connectivity index (χ4n) is 1.24. The van der Waals surface area contributed by atoms with Gasteiger partial charge in [0.25, 0.3) is 0 Å². The number of hydrogen-bond donors (Lipinski definition) is 0. The van der Waals surface area contributed by atoms with E-state index in [0.717, 1.165) is 0 Å². The SMILES string of the molecule is N#Cc1ccc(Cl)cc1-c1ncccn1. The van der Waals surface area contributed by atoms with Crippen LogP contribution in [0.3, 0.4) is 0 Å². The van der Waals surface area contributed by atoms with E-state index in [1.165, 1.54) is 0 Å². The monoisotopic (exact) mass is 215 g/mol. The third kappa shape index (κ3) is 1.95. The summed E-state index contributed by atoms with van der Waals surface area (Å²) in [5.74, 6) is 0.511. The average molecular weight is 216 g/mol. The van der Waals surface area contributed by atoms with E-state index in [1.807, 2.05) is 0 Å². The van der Waals surface area contributed by atoms with Crippen molar-refractivity contribution >= 4 is 11.6 Å². The number of nitriles is 1. The predicted octanol–water partition coefficient (Wildman–Crippen LogP) is 2.67. The molecule has 0 aliphatic rings. The maximum absolute atomic E-state index is 8.92. The standard InChI is InChI=1S/C11H6ClN3/c12-9-3-2-8(7-13)10(6-9)11-14-4-1-5-15-11/h1-6H. The molecule has 1 aromatic carbocycles. The largest absolute Gasteiger partial charge is 0.237 e. The molecule has 3 nitrogen and oxygen atoms in total. The number of nitrogens with zero attached hydrogens (tertiary/aromatic N) is 3. The lowest BCUT2D eigenvalue weighted by molar-refractivity contribution is 1.17. The molecule has 0 saturated heterocycles. The molecule has 2 aromatic rings. The van der Waals surface area contributed by atoms with Crippen molar-refractivity contribution in [1.29, 1.82) is 5.26 Å². The van der Waals surface area contributed by atoms with Crippen molar-refractivity contribution in [1.82, 2.24) is 9.97 Å². The first-order valence-corrected chi connectivity index (χ1v) is 4.66. The van der Waals surface area contributed by atoms with Gasteiger partial charge in [-0.25, -0.2) is 9.97 Å². The molecule has 4 heteroatoms. The molecule has 15 heavy (non-hydrogen) atoms. The highest BCUT2D eigenvalue weighted by Crippen LogP contribution is 2.23. The molecule has 0 atom stereocenters. The Morgan fingerprint density at radius 2 is 1.93 bits per heavy atom. The summed E-state index contributed by atoms with van der Waals surface area (Å²) in [7, 11) is 0. The fourth-order valence-corrected chi connectivity index (χ4v) is 1.41. The van der Waals surface area contributed by atoms with Gasteiger partial charge in [-0.3, -0.25) is 0 Å². The summed E-state index contributed by atoms with van der Waals surface area (Å²) >= 11 is 5.86. The van der Waals surface area contributed by atoms with Gasteiger partial charge in [-0.15, -0.1) is 0 Å². The second-order valence-corrected chi connectivity index (χ2v) is 3.31. The summed E-state index contributed by atoms with van der Waals surface area (Å²) in [6.45, 7) is 0. The molecule has 1 aromatic heterocycles. The molecule has 0 saturated carbocycles. The minimum absolute atomic E-state index is 0.511. The third-order valence-electron chi connectivity index (χ3n) is 1.91. The fraction of sp³-hybridized carbons (Fsp3) is 0. The van der Waals surface area contributed by atoms with Crippen molar-refractivity contribution in [3.63, 3.8) is 0 Å². The first kappa shape index (κ1) is 9.63. The highest BCUT2D eigenvalue weighted by Gasteiger charge is 2.07. The van der Waals surface area contributed by atoms with Crippen molar-refractivity contribution in [3.8, 4) is 17.5 Å². The van der Waals surface area contributed by atoms with Crippen LogP contribution in [0.5, 0.6) is 0 Å². The smallest absolute Gasteiger partial charge is 0.160 e. The summed E-state index contributed by atoms with van der Waals surface area (Å²) in [6, 6.07) is 8.83. The molecule has 0 aliphatic carbocycles. The normalized spacial score (nSPS) is 9.60. The van der Waals surface area contributed by atoms with Crippen molar-refractivity contribution in [2.24, 2.45) is 0 Å². The van der Waals surface area contributed by atoms with E-state index in [0.29, 0.717) is 22.0 Å². The van der Waals surface area contributed by atoms with Crippen LogP contribution in [0.15, 0.2) is 36.7 Å². The van der Waals surface area contributed by atoms with Gasteiger partial charge in [-0.05, 0) is 24.3 Å². The van der Waals surface area contributed by atoms with E-state index in [-0.39, 0.29) is 0 Å². The Labute approximate surface area is 92.0 Å². The van der Waals surface area contributed by atoms with Gasteiger partial charge in [0.15, 0.2) is 5.82 Å². The zero-order valence-electron chi connectivity index (χ0n) is 7.68. The predicted molar refractivity (Wildman–Crippen MR) is 57.2 cm³/mol. The molecule has 0 aliphatic heterocycles. The molecular formula is C11H6ClN3. The van der Waals surface area contributed by atoms with Crippen LogP contribution in [0.1, 0.15) is 5.56 Å². The highest BCUT2D eigenvalue weighted by molar-refractivity contribution is 6.30.